The Hall–Kier alpha value is -4.78. The van der Waals surface area contributed by atoms with E-state index in [9.17, 15) is 13.2 Å². The van der Waals surface area contributed by atoms with Crippen molar-refractivity contribution in [1.82, 2.24) is 5.32 Å². The minimum Gasteiger partial charge on any atom is -0.374 e. The van der Waals surface area contributed by atoms with Gasteiger partial charge in [0.05, 0.1) is 44.0 Å². The van der Waals surface area contributed by atoms with Crippen molar-refractivity contribution in [2.75, 3.05) is 13.2 Å². The molecule has 4 aromatic rings. The van der Waals surface area contributed by atoms with Crippen LogP contribution in [0.4, 0.5) is 0 Å². The van der Waals surface area contributed by atoms with Gasteiger partial charge >= 0.3 is 0 Å². The fourth-order valence-corrected chi connectivity index (χ4v) is 6.49. The molecule has 1 heterocycles. The highest BCUT2D eigenvalue weighted by Gasteiger charge is 2.47. The van der Waals surface area contributed by atoms with E-state index in [4.69, 9.17) is 23.1 Å². The van der Waals surface area contributed by atoms with Crippen LogP contribution in [0, 0.1) is 30.6 Å². The predicted octanol–water partition coefficient (Wildman–Crippen LogP) is 5.76. The van der Waals surface area contributed by atoms with Crippen molar-refractivity contribution in [3.8, 4) is 23.7 Å². The quantitative estimate of drug-likeness (QED) is 0.0939. The zero-order valence-corrected chi connectivity index (χ0v) is 30.1. The monoisotopic (exact) mass is 721 g/mol. The molecule has 270 valence electrons. The highest BCUT2D eigenvalue weighted by atomic mass is 32.2. The van der Waals surface area contributed by atoms with Gasteiger partial charge in [-0.1, -0.05) is 121 Å². The Bertz CT molecular complexity index is 1930. The van der Waals surface area contributed by atoms with E-state index in [2.05, 4.69) is 29.0 Å². The molecule has 0 bridgehead atoms. The number of benzene rings is 4. The van der Waals surface area contributed by atoms with Gasteiger partial charge in [-0.15, -0.1) is 0 Å². The first-order valence-corrected chi connectivity index (χ1v) is 18.5. The molecule has 5 rings (SSSR count). The number of nitrogens with one attached hydrogen (secondary N) is 1. The highest BCUT2D eigenvalue weighted by Crippen LogP contribution is 2.29. The third-order valence-corrected chi connectivity index (χ3v) is 9.49. The predicted molar refractivity (Wildman–Crippen MR) is 197 cm³/mol. The van der Waals surface area contributed by atoms with Crippen LogP contribution in [0.15, 0.2) is 120 Å². The maximum Gasteiger partial charge on any atom is 0.297 e. The number of carbonyl (C=O) groups excluding carboxylic acids is 1. The summed E-state index contributed by atoms with van der Waals surface area (Å²) in [5.41, 5.74) is 3.88. The van der Waals surface area contributed by atoms with E-state index < -0.39 is 40.6 Å². The summed E-state index contributed by atoms with van der Waals surface area (Å²) in [6.45, 7) is 4.25. The highest BCUT2D eigenvalue weighted by molar-refractivity contribution is 7.86. The minimum absolute atomic E-state index is 0.0849. The van der Waals surface area contributed by atoms with E-state index in [0.29, 0.717) is 6.61 Å². The van der Waals surface area contributed by atoms with Gasteiger partial charge in [0, 0.05) is 13.3 Å². The fourth-order valence-electron chi connectivity index (χ4n) is 5.58. The second-order valence-electron chi connectivity index (χ2n) is 12.3. The number of amides is 1. The van der Waals surface area contributed by atoms with Crippen LogP contribution in [0.3, 0.4) is 0 Å². The third-order valence-electron chi connectivity index (χ3n) is 8.17. The lowest BCUT2D eigenvalue weighted by Gasteiger charge is -2.45. The van der Waals surface area contributed by atoms with Gasteiger partial charge in [-0.3, -0.25) is 8.98 Å². The van der Waals surface area contributed by atoms with Crippen molar-refractivity contribution < 1.29 is 36.3 Å². The molecule has 5 atom stereocenters. The van der Waals surface area contributed by atoms with Crippen LogP contribution in [0.2, 0.25) is 0 Å². The number of rotatable bonds is 15. The Morgan fingerprint density at radius 3 is 1.88 bits per heavy atom. The van der Waals surface area contributed by atoms with Crippen LogP contribution in [0.5, 0.6) is 0 Å². The van der Waals surface area contributed by atoms with E-state index in [-0.39, 0.29) is 43.7 Å². The van der Waals surface area contributed by atoms with Crippen molar-refractivity contribution in [2.24, 2.45) is 0 Å². The Kier molecular flexibility index (Phi) is 14.6. The number of hydrogen-bond donors (Lipinski definition) is 1. The molecule has 0 aromatic heterocycles. The van der Waals surface area contributed by atoms with Crippen molar-refractivity contribution in [3.63, 3.8) is 0 Å². The molecular formula is C42H43NO8S. The third kappa shape index (κ3) is 11.9. The van der Waals surface area contributed by atoms with Crippen LogP contribution < -0.4 is 5.32 Å². The normalized spacial score (nSPS) is 19.8. The molecule has 1 aliphatic rings. The molecule has 0 aliphatic carbocycles. The Balaban J connectivity index is 1.36. The number of aryl methyl sites for hydroxylation is 1. The van der Waals surface area contributed by atoms with Crippen molar-refractivity contribution in [3.05, 3.63) is 138 Å². The Morgan fingerprint density at radius 1 is 0.750 bits per heavy atom. The maximum atomic E-state index is 12.6. The summed E-state index contributed by atoms with van der Waals surface area (Å²) in [7, 11) is -3.90. The van der Waals surface area contributed by atoms with Crippen molar-refractivity contribution in [2.45, 2.75) is 75.4 Å². The van der Waals surface area contributed by atoms with Crippen LogP contribution in [-0.4, -0.2) is 58.0 Å². The first-order chi connectivity index (χ1) is 25.3. The summed E-state index contributed by atoms with van der Waals surface area (Å²) in [4.78, 5) is 12.7. The maximum absolute atomic E-state index is 12.6. The average Bonchev–Trinajstić information content (AvgIpc) is 3.15. The van der Waals surface area contributed by atoms with Gasteiger partial charge in [-0.2, -0.15) is 8.42 Å². The molecule has 10 heteroatoms. The van der Waals surface area contributed by atoms with Gasteiger partial charge < -0.3 is 24.3 Å². The first-order valence-electron chi connectivity index (χ1n) is 17.1. The van der Waals surface area contributed by atoms with Crippen LogP contribution in [-0.2, 0) is 57.9 Å². The van der Waals surface area contributed by atoms with Gasteiger partial charge in [0.2, 0.25) is 5.91 Å². The standard InChI is InChI=1S/C42H43NO8S/c1-32-23-25-37(26-24-32)52(45,46)50-27-15-4-3-14-22-38-40(43-33(2)44)42(49-30-36-20-12-7-13-21-36)41(48-29-35-18-10-6-11-19-35)39(51-38)31-47-28-34-16-8-5-9-17-34/h5-13,16-21,23-26,38-42H,15,27-31H2,1-2H3,(H,43,44)/t38-,39-,40+,41+,42-/m1/s1. The van der Waals surface area contributed by atoms with E-state index in [1.54, 1.807) is 12.1 Å². The molecule has 1 amide bonds. The van der Waals surface area contributed by atoms with Crippen LogP contribution in [0.25, 0.3) is 0 Å². The molecule has 1 N–H and O–H groups in total. The van der Waals surface area contributed by atoms with Gasteiger partial charge in [0.25, 0.3) is 10.1 Å². The van der Waals surface area contributed by atoms with Gasteiger partial charge in [-0.25, -0.2) is 0 Å². The molecule has 52 heavy (non-hydrogen) atoms. The van der Waals surface area contributed by atoms with Gasteiger partial charge in [0.1, 0.15) is 24.4 Å². The molecule has 0 radical (unpaired) electrons. The first kappa shape index (κ1) is 38.5. The summed E-state index contributed by atoms with van der Waals surface area (Å²) in [5, 5.41) is 3.00. The van der Waals surface area contributed by atoms with Crippen molar-refractivity contribution in [1.29, 1.82) is 0 Å². The summed E-state index contributed by atoms with van der Waals surface area (Å²) in [5.74, 6) is 11.2. The second-order valence-corrected chi connectivity index (χ2v) is 13.9. The molecule has 4 aromatic carbocycles. The summed E-state index contributed by atoms with van der Waals surface area (Å²) in [6, 6.07) is 35.1. The molecular weight excluding hydrogens is 679 g/mol. The fraction of sp³-hybridized carbons (Fsp3) is 0.310. The van der Waals surface area contributed by atoms with E-state index in [1.807, 2.05) is 97.9 Å². The lowest BCUT2D eigenvalue weighted by Crippen LogP contribution is -2.65. The SMILES string of the molecule is CC(=O)N[C@@H]1[C@@H](OCc2ccccc2)[C@@H](OCc2ccccc2)[C@@H](COCc2ccccc2)O[C@@H]1C#CC#CCCOS(=O)(=O)c1ccc(C)cc1. The zero-order valence-electron chi connectivity index (χ0n) is 29.3. The Labute approximate surface area is 306 Å². The zero-order chi connectivity index (χ0) is 36.6. The van der Waals surface area contributed by atoms with Crippen LogP contribution >= 0.6 is 0 Å². The average molecular weight is 722 g/mol. The van der Waals surface area contributed by atoms with Gasteiger partial charge in [0.15, 0.2) is 0 Å². The molecule has 9 nitrogen and oxygen atoms in total. The molecule has 1 aliphatic heterocycles. The molecule has 1 fully saturated rings. The molecule has 0 spiro atoms. The summed E-state index contributed by atoms with van der Waals surface area (Å²) in [6.07, 6.45) is -2.65. The molecule has 0 saturated carbocycles. The minimum atomic E-state index is -3.90. The van der Waals surface area contributed by atoms with Crippen molar-refractivity contribution >= 4 is 16.0 Å². The van der Waals surface area contributed by atoms with E-state index >= 15 is 0 Å². The molecule has 0 unspecified atom stereocenters. The smallest absolute Gasteiger partial charge is 0.297 e. The summed E-state index contributed by atoms with van der Waals surface area (Å²) >= 11 is 0. The topological polar surface area (TPSA) is 109 Å². The molecule has 1 saturated heterocycles. The lowest BCUT2D eigenvalue weighted by atomic mass is 9.92. The number of carbonyl (C=O) groups is 1. The lowest BCUT2D eigenvalue weighted by molar-refractivity contribution is -0.222. The largest absolute Gasteiger partial charge is 0.374 e. The summed E-state index contributed by atoms with van der Waals surface area (Å²) < 4.78 is 56.0. The Morgan fingerprint density at radius 2 is 1.31 bits per heavy atom. The second kappa shape index (κ2) is 19.7. The van der Waals surface area contributed by atoms with Crippen LogP contribution in [0.1, 0.15) is 35.6 Å². The van der Waals surface area contributed by atoms with Gasteiger partial charge in [-0.05, 0) is 47.6 Å². The number of ether oxygens (including phenoxy) is 4. The van der Waals surface area contributed by atoms with E-state index in [1.165, 1.54) is 19.1 Å². The van der Waals surface area contributed by atoms with E-state index in [0.717, 1.165) is 22.3 Å². The number of hydrogen-bond acceptors (Lipinski definition) is 8.